The van der Waals surface area contributed by atoms with Gasteiger partial charge in [-0.2, -0.15) is 18.3 Å². The highest BCUT2D eigenvalue weighted by atomic mass is 19.4. The molecule has 1 fully saturated rings. The van der Waals surface area contributed by atoms with Gasteiger partial charge in [0.2, 0.25) is 0 Å². The molecule has 2 atom stereocenters. The predicted molar refractivity (Wildman–Crippen MR) is 71.5 cm³/mol. The van der Waals surface area contributed by atoms with Crippen LogP contribution in [-0.4, -0.2) is 16.0 Å². The quantitative estimate of drug-likeness (QED) is 0.818. The lowest BCUT2D eigenvalue weighted by Crippen LogP contribution is -2.18. The molecule has 0 amide bonds. The standard InChI is InChI=1S/C15H17F3N2/c1-9(2)12-6-13(12)10-3-4-14-11(5-10)7-19-20(14)8-15(16,17)18/h3-5,7,9,12-13H,6,8H2,1-2H3/t12-,13-/m1/s1. The van der Waals surface area contributed by atoms with Crippen molar-refractivity contribution in [2.45, 2.75) is 38.9 Å². The lowest BCUT2D eigenvalue weighted by atomic mass is 10.0. The first kappa shape index (κ1) is 13.5. The molecule has 1 aliphatic carbocycles. The van der Waals surface area contributed by atoms with Crippen molar-refractivity contribution in [2.24, 2.45) is 11.8 Å². The van der Waals surface area contributed by atoms with Gasteiger partial charge in [0.15, 0.2) is 0 Å². The Morgan fingerprint density at radius 1 is 1.35 bits per heavy atom. The number of fused-ring (bicyclic) bond motifs is 1. The van der Waals surface area contributed by atoms with Crippen LogP contribution in [0.5, 0.6) is 0 Å². The summed E-state index contributed by atoms with van der Waals surface area (Å²) in [5.41, 5.74) is 1.77. The Bertz CT molecular complexity index is 628. The highest BCUT2D eigenvalue weighted by molar-refractivity contribution is 5.79. The molecule has 1 heterocycles. The molecule has 0 radical (unpaired) electrons. The molecule has 0 bridgehead atoms. The van der Waals surface area contributed by atoms with Crippen molar-refractivity contribution in [3.63, 3.8) is 0 Å². The normalized spacial score (nSPS) is 22.7. The summed E-state index contributed by atoms with van der Waals surface area (Å²) < 4.78 is 38.4. The second-order valence-corrected chi connectivity index (χ2v) is 5.99. The van der Waals surface area contributed by atoms with E-state index >= 15 is 0 Å². The minimum Gasteiger partial charge on any atom is -0.256 e. The summed E-state index contributed by atoms with van der Waals surface area (Å²) in [6.45, 7) is 3.39. The van der Waals surface area contributed by atoms with E-state index in [4.69, 9.17) is 0 Å². The van der Waals surface area contributed by atoms with Gasteiger partial charge in [-0.3, -0.25) is 4.68 Å². The summed E-state index contributed by atoms with van der Waals surface area (Å²) in [6.07, 6.45) is -1.53. The molecule has 2 aromatic rings. The fourth-order valence-electron chi connectivity index (χ4n) is 2.97. The van der Waals surface area contributed by atoms with Gasteiger partial charge in [-0.05, 0) is 41.9 Å². The van der Waals surface area contributed by atoms with Crippen molar-refractivity contribution < 1.29 is 13.2 Å². The number of hydrogen-bond acceptors (Lipinski definition) is 1. The largest absolute Gasteiger partial charge is 0.408 e. The zero-order chi connectivity index (χ0) is 14.5. The van der Waals surface area contributed by atoms with E-state index in [-0.39, 0.29) is 0 Å². The van der Waals surface area contributed by atoms with Gasteiger partial charge in [0.1, 0.15) is 6.54 Å². The van der Waals surface area contributed by atoms with Crippen molar-refractivity contribution in [3.8, 4) is 0 Å². The fourth-order valence-corrected chi connectivity index (χ4v) is 2.97. The summed E-state index contributed by atoms with van der Waals surface area (Å²) in [5, 5.41) is 4.65. The Morgan fingerprint density at radius 2 is 2.10 bits per heavy atom. The third-order valence-electron chi connectivity index (χ3n) is 4.12. The van der Waals surface area contributed by atoms with E-state index in [1.807, 2.05) is 12.1 Å². The zero-order valence-electron chi connectivity index (χ0n) is 11.5. The maximum Gasteiger partial charge on any atom is 0.408 e. The lowest BCUT2D eigenvalue weighted by Gasteiger charge is -2.08. The van der Waals surface area contributed by atoms with Gasteiger partial charge in [0.25, 0.3) is 0 Å². The van der Waals surface area contributed by atoms with Crippen LogP contribution in [0.15, 0.2) is 24.4 Å². The Kier molecular flexibility index (Phi) is 3.03. The molecule has 1 aromatic heterocycles. The van der Waals surface area contributed by atoms with Gasteiger partial charge in [-0.15, -0.1) is 0 Å². The molecule has 0 spiro atoms. The van der Waals surface area contributed by atoms with Crippen LogP contribution in [-0.2, 0) is 6.54 Å². The monoisotopic (exact) mass is 282 g/mol. The second kappa shape index (κ2) is 4.50. The highest BCUT2D eigenvalue weighted by Gasteiger charge is 2.40. The summed E-state index contributed by atoms with van der Waals surface area (Å²) >= 11 is 0. The Labute approximate surface area is 115 Å². The predicted octanol–water partition coefficient (Wildman–Crippen LogP) is 4.36. The first-order chi connectivity index (χ1) is 9.35. The molecule has 3 rings (SSSR count). The van der Waals surface area contributed by atoms with Gasteiger partial charge in [-0.25, -0.2) is 0 Å². The minimum atomic E-state index is -4.24. The van der Waals surface area contributed by atoms with Gasteiger partial charge < -0.3 is 0 Å². The number of nitrogens with zero attached hydrogens (tertiary/aromatic N) is 2. The van der Waals surface area contributed by atoms with Crippen molar-refractivity contribution >= 4 is 10.9 Å². The van der Waals surface area contributed by atoms with Gasteiger partial charge in [-0.1, -0.05) is 19.9 Å². The topological polar surface area (TPSA) is 17.8 Å². The third kappa shape index (κ3) is 2.53. The second-order valence-electron chi connectivity index (χ2n) is 5.99. The SMILES string of the molecule is CC(C)[C@H]1C[C@@H]1c1ccc2c(cnn2CC(F)(F)F)c1. The third-order valence-corrected chi connectivity index (χ3v) is 4.12. The molecule has 0 aliphatic heterocycles. The number of aromatic nitrogens is 2. The molecule has 20 heavy (non-hydrogen) atoms. The van der Waals surface area contributed by atoms with E-state index in [1.54, 1.807) is 6.07 Å². The first-order valence-electron chi connectivity index (χ1n) is 6.87. The molecule has 1 aliphatic rings. The number of rotatable bonds is 3. The van der Waals surface area contributed by atoms with Gasteiger partial charge in [0.05, 0.1) is 11.7 Å². The summed E-state index contributed by atoms with van der Waals surface area (Å²) in [5.74, 6) is 1.92. The zero-order valence-corrected chi connectivity index (χ0v) is 11.5. The molecular formula is C15H17F3N2. The van der Waals surface area contributed by atoms with E-state index in [2.05, 4.69) is 18.9 Å². The summed E-state index contributed by atoms with van der Waals surface area (Å²) in [6, 6.07) is 5.70. The van der Waals surface area contributed by atoms with Crippen LogP contribution in [0.3, 0.4) is 0 Å². The van der Waals surface area contributed by atoms with Gasteiger partial charge >= 0.3 is 6.18 Å². The minimum absolute atomic E-state index is 0.549. The van der Waals surface area contributed by atoms with Crippen LogP contribution < -0.4 is 0 Å². The number of hydrogen-bond donors (Lipinski definition) is 0. The molecule has 1 aromatic carbocycles. The van der Waals surface area contributed by atoms with Crippen molar-refractivity contribution in [1.29, 1.82) is 0 Å². The van der Waals surface area contributed by atoms with E-state index in [0.717, 1.165) is 10.1 Å². The first-order valence-corrected chi connectivity index (χ1v) is 6.87. The lowest BCUT2D eigenvalue weighted by molar-refractivity contribution is -0.141. The average molecular weight is 282 g/mol. The smallest absolute Gasteiger partial charge is 0.256 e. The molecular weight excluding hydrogens is 265 g/mol. The molecule has 0 N–H and O–H groups in total. The van der Waals surface area contributed by atoms with Crippen molar-refractivity contribution in [3.05, 3.63) is 30.0 Å². The average Bonchev–Trinajstić information content (AvgIpc) is 3.06. The van der Waals surface area contributed by atoms with E-state index < -0.39 is 12.7 Å². The molecule has 0 saturated heterocycles. The maximum atomic E-state index is 12.4. The van der Waals surface area contributed by atoms with E-state index in [1.165, 1.54) is 18.2 Å². The van der Waals surface area contributed by atoms with Gasteiger partial charge in [0, 0.05) is 5.39 Å². The summed E-state index contributed by atoms with van der Waals surface area (Å²) in [4.78, 5) is 0. The van der Waals surface area contributed by atoms with Crippen LogP contribution in [0.4, 0.5) is 13.2 Å². The Balaban J connectivity index is 1.87. The van der Waals surface area contributed by atoms with Crippen LogP contribution in [0.2, 0.25) is 0 Å². The molecule has 108 valence electrons. The maximum absolute atomic E-state index is 12.4. The molecule has 2 nitrogen and oxygen atoms in total. The number of halogens is 3. The van der Waals surface area contributed by atoms with Crippen molar-refractivity contribution in [1.82, 2.24) is 9.78 Å². The van der Waals surface area contributed by atoms with Crippen LogP contribution in [0.25, 0.3) is 10.9 Å². The summed E-state index contributed by atoms with van der Waals surface area (Å²) in [7, 11) is 0. The van der Waals surface area contributed by atoms with Crippen molar-refractivity contribution in [2.75, 3.05) is 0 Å². The Morgan fingerprint density at radius 3 is 2.70 bits per heavy atom. The van der Waals surface area contributed by atoms with Crippen LogP contribution >= 0.6 is 0 Å². The van der Waals surface area contributed by atoms with E-state index in [9.17, 15) is 13.2 Å². The van der Waals surface area contributed by atoms with Crippen LogP contribution in [0, 0.1) is 11.8 Å². The fraction of sp³-hybridized carbons (Fsp3) is 0.533. The molecule has 0 unspecified atom stereocenters. The van der Waals surface area contributed by atoms with E-state index in [0.29, 0.717) is 23.3 Å². The molecule has 1 saturated carbocycles. The molecule has 5 heteroatoms. The number of benzene rings is 1. The number of alkyl halides is 3. The highest BCUT2D eigenvalue weighted by Crippen LogP contribution is 2.52. The van der Waals surface area contributed by atoms with Crippen LogP contribution in [0.1, 0.15) is 31.7 Å². The Hall–Kier alpha value is -1.52.